The van der Waals surface area contributed by atoms with Crippen molar-refractivity contribution in [2.45, 2.75) is 52.6 Å². The van der Waals surface area contributed by atoms with Crippen LogP contribution in [0.15, 0.2) is 12.1 Å². The normalized spacial score (nSPS) is 21.2. The quantitative estimate of drug-likeness (QED) is 0.888. The number of rotatable bonds is 5. The second-order valence-electron chi connectivity index (χ2n) is 6.74. The molecule has 0 aliphatic carbocycles. The lowest BCUT2D eigenvalue weighted by Gasteiger charge is -2.23. The first-order valence-electron chi connectivity index (χ1n) is 7.51. The minimum Gasteiger partial charge on any atom is -0.312 e. The molecule has 1 aromatic rings. The number of nitrogens with one attached hydrogen (secondary N) is 1. The molecule has 1 fully saturated rings. The molecule has 2 nitrogen and oxygen atoms in total. The van der Waals surface area contributed by atoms with Gasteiger partial charge in [0.15, 0.2) is 0 Å². The maximum atomic E-state index is 3.64. The fraction of sp³-hybridized carbons (Fsp3) is 0.750. The molecule has 0 radical (unpaired) electrons. The molecule has 1 unspecified atom stereocenters. The summed E-state index contributed by atoms with van der Waals surface area (Å²) in [5.74, 6) is 0.824. The highest BCUT2D eigenvalue weighted by molar-refractivity contribution is 7.11. The molecule has 3 heteroatoms. The van der Waals surface area contributed by atoms with Gasteiger partial charge in [0.05, 0.1) is 0 Å². The van der Waals surface area contributed by atoms with E-state index in [1.807, 2.05) is 11.3 Å². The molecule has 19 heavy (non-hydrogen) atoms. The predicted molar refractivity (Wildman–Crippen MR) is 84.8 cm³/mol. The molecule has 0 bridgehead atoms. The summed E-state index contributed by atoms with van der Waals surface area (Å²) < 4.78 is 0. The van der Waals surface area contributed by atoms with Gasteiger partial charge in [-0.25, -0.2) is 0 Å². The van der Waals surface area contributed by atoms with Crippen LogP contribution in [0.2, 0.25) is 0 Å². The summed E-state index contributed by atoms with van der Waals surface area (Å²) in [5.41, 5.74) is 0.247. The third kappa shape index (κ3) is 4.90. The van der Waals surface area contributed by atoms with Crippen LogP contribution in [0.1, 0.15) is 43.9 Å². The van der Waals surface area contributed by atoms with Crippen LogP contribution in [-0.2, 0) is 13.0 Å². The molecular weight excluding hydrogens is 252 g/mol. The van der Waals surface area contributed by atoms with Gasteiger partial charge in [0.25, 0.3) is 0 Å². The van der Waals surface area contributed by atoms with Crippen molar-refractivity contribution < 1.29 is 0 Å². The molecule has 1 saturated heterocycles. The van der Waals surface area contributed by atoms with E-state index in [0.29, 0.717) is 0 Å². The monoisotopic (exact) mass is 280 g/mol. The molecule has 2 heterocycles. The lowest BCUT2D eigenvalue weighted by molar-refractivity contribution is 0.307. The molecule has 0 saturated carbocycles. The molecule has 1 aromatic heterocycles. The van der Waals surface area contributed by atoms with E-state index in [1.54, 1.807) is 0 Å². The van der Waals surface area contributed by atoms with E-state index >= 15 is 0 Å². The third-order valence-electron chi connectivity index (χ3n) is 3.74. The van der Waals surface area contributed by atoms with Gasteiger partial charge >= 0.3 is 0 Å². The van der Waals surface area contributed by atoms with Crippen molar-refractivity contribution in [3.63, 3.8) is 0 Å². The fourth-order valence-corrected chi connectivity index (χ4v) is 3.59. The van der Waals surface area contributed by atoms with Crippen molar-refractivity contribution >= 4 is 11.3 Å². The number of hydrogen-bond acceptors (Lipinski definition) is 3. The molecule has 108 valence electrons. The highest BCUT2D eigenvalue weighted by Gasteiger charge is 2.23. The maximum Gasteiger partial charge on any atom is 0.0328 e. The van der Waals surface area contributed by atoms with Crippen LogP contribution < -0.4 is 5.32 Å². The molecular formula is C16H28N2S. The van der Waals surface area contributed by atoms with Crippen molar-refractivity contribution in [2.24, 2.45) is 5.92 Å². The van der Waals surface area contributed by atoms with Crippen LogP contribution in [0.5, 0.6) is 0 Å². The van der Waals surface area contributed by atoms with Crippen molar-refractivity contribution in [1.82, 2.24) is 10.2 Å². The Morgan fingerprint density at radius 3 is 2.68 bits per heavy atom. The van der Waals surface area contributed by atoms with E-state index in [9.17, 15) is 0 Å². The van der Waals surface area contributed by atoms with Crippen molar-refractivity contribution in [1.29, 1.82) is 0 Å². The van der Waals surface area contributed by atoms with Gasteiger partial charge in [-0.3, -0.25) is 4.90 Å². The van der Waals surface area contributed by atoms with Crippen molar-refractivity contribution in [3.05, 3.63) is 21.9 Å². The van der Waals surface area contributed by atoms with Gasteiger partial charge in [-0.2, -0.15) is 0 Å². The summed E-state index contributed by atoms with van der Waals surface area (Å²) in [6.07, 6.45) is 2.51. The Kier molecular flexibility index (Phi) is 5.04. The topological polar surface area (TPSA) is 15.3 Å². The van der Waals surface area contributed by atoms with Gasteiger partial charge in [-0.15, -0.1) is 11.3 Å². The van der Waals surface area contributed by atoms with Crippen LogP contribution >= 0.6 is 11.3 Å². The zero-order valence-electron chi connectivity index (χ0n) is 12.8. The van der Waals surface area contributed by atoms with Crippen LogP contribution in [-0.4, -0.2) is 30.1 Å². The predicted octanol–water partition coefficient (Wildman–Crippen LogP) is 3.52. The summed E-state index contributed by atoms with van der Waals surface area (Å²) in [4.78, 5) is 5.65. The average molecular weight is 280 g/mol. The second-order valence-corrected chi connectivity index (χ2v) is 8.00. The summed E-state index contributed by atoms with van der Waals surface area (Å²) >= 11 is 1.98. The van der Waals surface area contributed by atoms with E-state index in [-0.39, 0.29) is 5.54 Å². The van der Waals surface area contributed by atoms with Crippen LogP contribution in [0.25, 0.3) is 0 Å². The van der Waals surface area contributed by atoms with E-state index in [1.165, 1.54) is 35.7 Å². The first-order valence-corrected chi connectivity index (χ1v) is 8.33. The average Bonchev–Trinajstić information content (AvgIpc) is 2.95. The maximum absolute atomic E-state index is 3.64. The van der Waals surface area contributed by atoms with Crippen molar-refractivity contribution in [3.8, 4) is 0 Å². The van der Waals surface area contributed by atoms with E-state index < -0.39 is 0 Å². The number of hydrogen-bond donors (Lipinski definition) is 1. The smallest absolute Gasteiger partial charge is 0.0328 e. The first kappa shape index (κ1) is 15.0. The highest BCUT2D eigenvalue weighted by atomic mass is 32.1. The Balaban J connectivity index is 1.75. The lowest BCUT2D eigenvalue weighted by atomic mass is 10.1. The Labute approximate surface area is 122 Å². The molecule has 0 amide bonds. The second kappa shape index (κ2) is 6.38. The van der Waals surface area contributed by atoms with Crippen LogP contribution in [0, 0.1) is 5.92 Å². The Morgan fingerprint density at radius 2 is 2.05 bits per heavy atom. The standard InChI is InChI=1S/C16H28N2S/c1-5-14-6-7-15(19-14)12-18-9-8-13(11-18)10-17-16(2,3)4/h6-7,13,17H,5,8-12H2,1-4H3. The minimum atomic E-state index is 0.247. The van der Waals surface area contributed by atoms with Gasteiger partial charge in [0, 0.05) is 28.4 Å². The van der Waals surface area contributed by atoms with Gasteiger partial charge in [-0.1, -0.05) is 6.92 Å². The van der Waals surface area contributed by atoms with E-state index in [2.05, 4.69) is 50.0 Å². The molecule has 1 aliphatic rings. The van der Waals surface area contributed by atoms with Crippen LogP contribution in [0.3, 0.4) is 0 Å². The Morgan fingerprint density at radius 1 is 1.32 bits per heavy atom. The largest absolute Gasteiger partial charge is 0.312 e. The number of thiophene rings is 1. The number of likely N-dealkylation sites (tertiary alicyclic amines) is 1. The highest BCUT2D eigenvalue weighted by Crippen LogP contribution is 2.23. The summed E-state index contributed by atoms with van der Waals surface area (Å²) in [7, 11) is 0. The summed E-state index contributed by atoms with van der Waals surface area (Å²) in [6, 6.07) is 4.60. The minimum absolute atomic E-state index is 0.247. The lowest BCUT2D eigenvalue weighted by Crippen LogP contribution is -2.39. The SMILES string of the molecule is CCc1ccc(CN2CCC(CNC(C)(C)C)C2)s1. The van der Waals surface area contributed by atoms with Gasteiger partial charge in [-0.05, 0) is 64.8 Å². The molecule has 2 rings (SSSR count). The van der Waals surface area contributed by atoms with Crippen molar-refractivity contribution in [2.75, 3.05) is 19.6 Å². The number of aryl methyl sites for hydroxylation is 1. The number of nitrogens with zero attached hydrogens (tertiary/aromatic N) is 1. The Bertz CT molecular complexity index is 392. The molecule has 1 atom stereocenters. The zero-order chi connectivity index (χ0) is 13.9. The Hall–Kier alpha value is -0.380. The van der Waals surface area contributed by atoms with E-state index in [0.717, 1.165) is 19.0 Å². The first-order chi connectivity index (χ1) is 8.96. The molecule has 0 aromatic carbocycles. The zero-order valence-corrected chi connectivity index (χ0v) is 13.6. The molecule has 1 N–H and O–H groups in total. The molecule has 1 aliphatic heterocycles. The fourth-order valence-electron chi connectivity index (χ4n) is 2.59. The summed E-state index contributed by atoms with van der Waals surface area (Å²) in [6.45, 7) is 13.8. The molecule has 0 spiro atoms. The summed E-state index contributed by atoms with van der Waals surface area (Å²) in [5, 5.41) is 3.64. The van der Waals surface area contributed by atoms with E-state index in [4.69, 9.17) is 0 Å². The van der Waals surface area contributed by atoms with Gasteiger partial charge < -0.3 is 5.32 Å². The third-order valence-corrected chi connectivity index (χ3v) is 4.95. The van der Waals surface area contributed by atoms with Gasteiger partial charge in [0.1, 0.15) is 0 Å². The van der Waals surface area contributed by atoms with Gasteiger partial charge in [0.2, 0.25) is 0 Å². The van der Waals surface area contributed by atoms with Crippen LogP contribution in [0.4, 0.5) is 0 Å².